The van der Waals surface area contributed by atoms with Gasteiger partial charge in [-0.15, -0.1) is 12.4 Å². The van der Waals surface area contributed by atoms with Gasteiger partial charge in [0, 0.05) is 6.04 Å². The monoisotopic (exact) mass is 259 g/mol. The molecule has 0 aliphatic heterocycles. The third-order valence-electron chi connectivity index (χ3n) is 2.34. The first-order chi connectivity index (χ1) is 7.54. The zero-order valence-corrected chi connectivity index (χ0v) is 10.8. The maximum atomic E-state index is 11.2. The fraction of sp³-hybridized carbons (Fsp3) is 0.417. The normalized spacial score (nSPS) is 11.5. The van der Waals surface area contributed by atoms with E-state index in [0.717, 1.165) is 11.1 Å². The summed E-state index contributed by atoms with van der Waals surface area (Å²) in [5.41, 5.74) is 7.43. The largest absolute Gasteiger partial charge is 0.508 e. The van der Waals surface area contributed by atoms with E-state index in [2.05, 4.69) is 0 Å². The summed E-state index contributed by atoms with van der Waals surface area (Å²) in [7, 11) is 0. The molecular formula is C12H18ClNO3. The molecule has 0 heterocycles. The van der Waals surface area contributed by atoms with E-state index in [9.17, 15) is 9.90 Å². The van der Waals surface area contributed by atoms with Gasteiger partial charge in [0.25, 0.3) is 0 Å². The standard InChI is InChI=1S/C12H17NO3.ClH/c1-3-16-12(15)7-10(13)9-4-5-11(14)8(2)6-9;/h4-6,10,14H,3,7,13H2,1-2H3;1H/t10-;/m0./s1. The van der Waals surface area contributed by atoms with Gasteiger partial charge in [0.15, 0.2) is 0 Å². The van der Waals surface area contributed by atoms with Crippen LogP contribution in [0, 0.1) is 6.92 Å². The maximum Gasteiger partial charge on any atom is 0.307 e. The summed E-state index contributed by atoms with van der Waals surface area (Å²) in [4.78, 5) is 11.2. The molecule has 5 heteroatoms. The van der Waals surface area contributed by atoms with Gasteiger partial charge in [0.2, 0.25) is 0 Å². The second-order valence-corrected chi connectivity index (χ2v) is 3.66. The van der Waals surface area contributed by atoms with Crippen molar-refractivity contribution in [2.24, 2.45) is 5.73 Å². The number of hydrogen-bond acceptors (Lipinski definition) is 4. The second-order valence-electron chi connectivity index (χ2n) is 3.66. The van der Waals surface area contributed by atoms with Crippen LogP contribution in [0.5, 0.6) is 5.75 Å². The van der Waals surface area contributed by atoms with Gasteiger partial charge in [0.05, 0.1) is 13.0 Å². The fourth-order valence-corrected chi connectivity index (χ4v) is 1.43. The first-order valence-corrected chi connectivity index (χ1v) is 5.25. The minimum atomic E-state index is -0.390. The first-order valence-electron chi connectivity index (χ1n) is 5.25. The molecule has 0 fully saturated rings. The Morgan fingerprint density at radius 2 is 2.18 bits per heavy atom. The van der Waals surface area contributed by atoms with Gasteiger partial charge in [-0.1, -0.05) is 12.1 Å². The van der Waals surface area contributed by atoms with E-state index in [1.807, 2.05) is 0 Å². The minimum absolute atomic E-state index is 0. The molecule has 0 radical (unpaired) electrons. The molecule has 96 valence electrons. The van der Waals surface area contributed by atoms with Gasteiger partial charge in [-0.3, -0.25) is 4.79 Å². The third-order valence-corrected chi connectivity index (χ3v) is 2.34. The van der Waals surface area contributed by atoms with Crippen LogP contribution in [-0.2, 0) is 9.53 Å². The average molecular weight is 260 g/mol. The molecule has 1 atom stereocenters. The number of phenolic OH excluding ortho intramolecular Hbond substituents is 1. The molecule has 1 aromatic rings. The Balaban J connectivity index is 0.00000256. The van der Waals surface area contributed by atoms with Crippen LogP contribution in [0.15, 0.2) is 18.2 Å². The van der Waals surface area contributed by atoms with E-state index in [-0.39, 0.29) is 30.5 Å². The van der Waals surface area contributed by atoms with E-state index in [4.69, 9.17) is 10.5 Å². The molecule has 0 aromatic heterocycles. The number of benzene rings is 1. The minimum Gasteiger partial charge on any atom is -0.508 e. The lowest BCUT2D eigenvalue weighted by atomic mass is 10.0. The van der Waals surface area contributed by atoms with Crippen molar-refractivity contribution in [3.05, 3.63) is 29.3 Å². The van der Waals surface area contributed by atoms with Gasteiger partial charge < -0.3 is 15.6 Å². The van der Waals surface area contributed by atoms with Crippen molar-refractivity contribution in [1.82, 2.24) is 0 Å². The molecule has 17 heavy (non-hydrogen) atoms. The lowest BCUT2D eigenvalue weighted by molar-refractivity contribution is -0.143. The van der Waals surface area contributed by atoms with E-state index in [1.165, 1.54) is 0 Å². The van der Waals surface area contributed by atoms with Crippen molar-refractivity contribution < 1.29 is 14.6 Å². The number of aryl methyl sites for hydroxylation is 1. The highest BCUT2D eigenvalue weighted by atomic mass is 35.5. The fourth-order valence-electron chi connectivity index (χ4n) is 1.43. The van der Waals surface area contributed by atoms with Crippen LogP contribution in [0.1, 0.15) is 30.5 Å². The highest BCUT2D eigenvalue weighted by molar-refractivity contribution is 5.85. The third kappa shape index (κ3) is 4.63. The number of nitrogens with two attached hydrogens (primary N) is 1. The van der Waals surface area contributed by atoms with Crippen LogP contribution in [0.2, 0.25) is 0 Å². The Labute approximate surface area is 107 Å². The van der Waals surface area contributed by atoms with E-state index in [1.54, 1.807) is 32.0 Å². The number of phenols is 1. The summed E-state index contributed by atoms with van der Waals surface area (Å²) in [5.74, 6) is -0.0761. The Morgan fingerprint density at radius 3 is 2.71 bits per heavy atom. The summed E-state index contributed by atoms with van der Waals surface area (Å²) in [6.45, 7) is 3.91. The molecule has 0 aliphatic carbocycles. The van der Waals surface area contributed by atoms with Gasteiger partial charge in [-0.25, -0.2) is 0 Å². The topological polar surface area (TPSA) is 72.5 Å². The van der Waals surface area contributed by atoms with Crippen LogP contribution in [0.3, 0.4) is 0 Å². The first kappa shape index (κ1) is 15.7. The SMILES string of the molecule is CCOC(=O)C[C@H](N)c1ccc(O)c(C)c1.Cl. The van der Waals surface area contributed by atoms with Crippen LogP contribution >= 0.6 is 12.4 Å². The quantitative estimate of drug-likeness (QED) is 0.812. The molecule has 0 bridgehead atoms. The molecular weight excluding hydrogens is 242 g/mol. The summed E-state index contributed by atoms with van der Waals surface area (Å²) in [6, 6.07) is 4.68. The highest BCUT2D eigenvalue weighted by Gasteiger charge is 2.13. The summed E-state index contributed by atoms with van der Waals surface area (Å²) >= 11 is 0. The van der Waals surface area contributed by atoms with Crippen molar-refractivity contribution >= 4 is 18.4 Å². The van der Waals surface area contributed by atoms with E-state index >= 15 is 0 Å². The maximum absolute atomic E-state index is 11.2. The number of ether oxygens (including phenoxy) is 1. The number of halogens is 1. The molecule has 4 nitrogen and oxygen atoms in total. The molecule has 0 saturated heterocycles. The van der Waals surface area contributed by atoms with Crippen molar-refractivity contribution in [3.8, 4) is 5.75 Å². The van der Waals surface area contributed by atoms with Crippen LogP contribution < -0.4 is 5.73 Å². The molecule has 0 amide bonds. The predicted molar refractivity (Wildman–Crippen MR) is 68.3 cm³/mol. The molecule has 0 saturated carbocycles. The van der Waals surface area contributed by atoms with Crippen LogP contribution in [0.25, 0.3) is 0 Å². The van der Waals surface area contributed by atoms with Gasteiger partial charge >= 0.3 is 5.97 Å². The summed E-state index contributed by atoms with van der Waals surface area (Å²) in [5, 5.41) is 9.36. The number of esters is 1. The number of carbonyl (C=O) groups excluding carboxylic acids is 1. The van der Waals surface area contributed by atoms with Crippen molar-refractivity contribution in [1.29, 1.82) is 0 Å². The molecule has 1 aromatic carbocycles. The van der Waals surface area contributed by atoms with E-state index < -0.39 is 6.04 Å². The van der Waals surface area contributed by atoms with Gasteiger partial charge in [0.1, 0.15) is 5.75 Å². The smallest absolute Gasteiger partial charge is 0.307 e. The van der Waals surface area contributed by atoms with Crippen LogP contribution in [0.4, 0.5) is 0 Å². The van der Waals surface area contributed by atoms with Crippen molar-refractivity contribution in [3.63, 3.8) is 0 Å². The molecule has 1 rings (SSSR count). The summed E-state index contributed by atoms with van der Waals surface area (Å²) in [6.07, 6.45) is 0.151. The lowest BCUT2D eigenvalue weighted by Crippen LogP contribution is -2.17. The van der Waals surface area contributed by atoms with Crippen molar-refractivity contribution in [2.75, 3.05) is 6.61 Å². The Morgan fingerprint density at radius 1 is 1.53 bits per heavy atom. The molecule has 3 N–H and O–H groups in total. The molecule has 0 unspecified atom stereocenters. The predicted octanol–water partition coefficient (Wildman–Crippen LogP) is 2.08. The molecule has 0 spiro atoms. The van der Waals surface area contributed by atoms with Crippen LogP contribution in [-0.4, -0.2) is 17.7 Å². The summed E-state index contributed by atoms with van der Waals surface area (Å²) < 4.78 is 4.82. The van der Waals surface area contributed by atoms with Gasteiger partial charge in [-0.05, 0) is 31.0 Å². The Kier molecular flexibility index (Phi) is 6.61. The number of carbonyl (C=O) groups is 1. The number of hydrogen-bond donors (Lipinski definition) is 2. The molecule has 0 aliphatic rings. The highest BCUT2D eigenvalue weighted by Crippen LogP contribution is 2.22. The van der Waals surface area contributed by atoms with Gasteiger partial charge in [-0.2, -0.15) is 0 Å². The Bertz CT molecular complexity index is 382. The Hall–Kier alpha value is -1.26. The number of rotatable bonds is 4. The second kappa shape index (κ2) is 7.14. The lowest BCUT2D eigenvalue weighted by Gasteiger charge is -2.12. The van der Waals surface area contributed by atoms with E-state index in [0.29, 0.717) is 6.61 Å². The zero-order chi connectivity index (χ0) is 12.1. The number of aromatic hydroxyl groups is 1. The zero-order valence-electron chi connectivity index (χ0n) is 9.97. The average Bonchev–Trinajstić information content (AvgIpc) is 2.22. The van der Waals surface area contributed by atoms with Crippen molar-refractivity contribution in [2.45, 2.75) is 26.3 Å².